The number of hydrogen-bond acceptors (Lipinski definition) is 3. The normalized spacial score (nSPS) is 23.6. The number of carbonyl (C=O) groups excluding carboxylic acids is 1. The topological polar surface area (TPSA) is 58.6 Å². The van der Waals surface area contributed by atoms with Gasteiger partial charge in [-0.2, -0.15) is 0 Å². The molecule has 1 aromatic carbocycles. The minimum absolute atomic E-state index is 0.0749. The molecule has 4 heteroatoms. The van der Waals surface area contributed by atoms with Gasteiger partial charge in [-0.3, -0.25) is 4.79 Å². The fourth-order valence-corrected chi connectivity index (χ4v) is 2.88. The van der Waals surface area contributed by atoms with E-state index in [4.69, 9.17) is 4.74 Å². The second-order valence-electron chi connectivity index (χ2n) is 6.02. The van der Waals surface area contributed by atoms with Gasteiger partial charge < -0.3 is 15.2 Å². The molecule has 0 unspecified atom stereocenters. The highest BCUT2D eigenvalue weighted by atomic mass is 16.5. The molecule has 0 aliphatic heterocycles. The van der Waals surface area contributed by atoms with Crippen LogP contribution in [0.1, 0.15) is 51.2 Å². The Kier molecular flexibility index (Phi) is 5.76. The SMILES string of the molecule is C[C@@H]1CCC[C@H](OCC(=O)Nc2ccccc2[C@H](C)O)C1. The van der Waals surface area contributed by atoms with Crippen molar-refractivity contribution in [2.24, 2.45) is 5.92 Å². The highest BCUT2D eigenvalue weighted by Gasteiger charge is 2.20. The van der Waals surface area contributed by atoms with Gasteiger partial charge in [0, 0.05) is 11.3 Å². The Morgan fingerprint density at radius 3 is 2.90 bits per heavy atom. The van der Waals surface area contributed by atoms with Crippen molar-refractivity contribution in [1.82, 2.24) is 0 Å². The smallest absolute Gasteiger partial charge is 0.250 e. The fraction of sp³-hybridized carbons (Fsp3) is 0.588. The van der Waals surface area contributed by atoms with Crippen molar-refractivity contribution in [3.05, 3.63) is 29.8 Å². The lowest BCUT2D eigenvalue weighted by molar-refractivity contribution is -0.123. The lowest BCUT2D eigenvalue weighted by Gasteiger charge is -2.26. The Morgan fingerprint density at radius 1 is 1.43 bits per heavy atom. The molecule has 0 radical (unpaired) electrons. The zero-order valence-corrected chi connectivity index (χ0v) is 12.8. The number of anilines is 1. The van der Waals surface area contributed by atoms with E-state index < -0.39 is 6.10 Å². The summed E-state index contributed by atoms with van der Waals surface area (Å²) < 4.78 is 5.71. The molecule has 1 fully saturated rings. The fourth-order valence-electron chi connectivity index (χ4n) is 2.88. The molecule has 4 nitrogen and oxygen atoms in total. The largest absolute Gasteiger partial charge is 0.389 e. The third kappa shape index (κ3) is 4.83. The van der Waals surface area contributed by atoms with E-state index in [1.54, 1.807) is 13.0 Å². The van der Waals surface area contributed by atoms with Crippen LogP contribution in [0, 0.1) is 5.92 Å². The van der Waals surface area contributed by atoms with Gasteiger partial charge in [-0.1, -0.05) is 38.0 Å². The molecule has 0 heterocycles. The van der Waals surface area contributed by atoms with Crippen LogP contribution in [0.25, 0.3) is 0 Å². The zero-order chi connectivity index (χ0) is 15.2. The number of aliphatic hydroxyl groups excluding tert-OH is 1. The maximum absolute atomic E-state index is 12.0. The average molecular weight is 291 g/mol. The first-order valence-corrected chi connectivity index (χ1v) is 7.74. The first kappa shape index (κ1) is 16.0. The molecule has 1 aromatic rings. The van der Waals surface area contributed by atoms with Crippen LogP contribution >= 0.6 is 0 Å². The van der Waals surface area contributed by atoms with Crippen molar-refractivity contribution in [1.29, 1.82) is 0 Å². The number of para-hydroxylation sites is 1. The summed E-state index contributed by atoms with van der Waals surface area (Å²) in [6, 6.07) is 7.29. The summed E-state index contributed by atoms with van der Waals surface area (Å²) in [5.41, 5.74) is 1.37. The Hall–Kier alpha value is -1.39. The third-order valence-electron chi connectivity index (χ3n) is 4.02. The molecule has 1 amide bonds. The van der Waals surface area contributed by atoms with Gasteiger partial charge in [0.25, 0.3) is 0 Å². The van der Waals surface area contributed by atoms with Gasteiger partial charge in [-0.05, 0) is 31.7 Å². The van der Waals surface area contributed by atoms with Crippen molar-refractivity contribution in [2.45, 2.75) is 51.7 Å². The van der Waals surface area contributed by atoms with Gasteiger partial charge in [-0.25, -0.2) is 0 Å². The molecule has 0 saturated heterocycles. The number of hydrogen-bond donors (Lipinski definition) is 2. The van der Waals surface area contributed by atoms with Crippen molar-refractivity contribution in [2.75, 3.05) is 11.9 Å². The molecule has 116 valence electrons. The molecule has 1 aliphatic carbocycles. The Morgan fingerprint density at radius 2 is 2.19 bits per heavy atom. The summed E-state index contributed by atoms with van der Waals surface area (Å²) in [6.45, 7) is 3.99. The van der Waals surface area contributed by atoms with Crippen molar-refractivity contribution in [3.8, 4) is 0 Å². The van der Waals surface area contributed by atoms with E-state index in [9.17, 15) is 9.90 Å². The summed E-state index contributed by atoms with van der Waals surface area (Å²) in [7, 11) is 0. The van der Waals surface area contributed by atoms with Gasteiger partial charge in [0.05, 0.1) is 12.2 Å². The van der Waals surface area contributed by atoms with E-state index in [1.807, 2.05) is 18.2 Å². The van der Waals surface area contributed by atoms with Crippen LogP contribution in [0.2, 0.25) is 0 Å². The molecule has 2 N–H and O–H groups in total. The summed E-state index contributed by atoms with van der Waals surface area (Å²) in [6.07, 6.45) is 4.11. The summed E-state index contributed by atoms with van der Waals surface area (Å²) in [5, 5.41) is 12.5. The van der Waals surface area contributed by atoms with Crippen LogP contribution in [0.5, 0.6) is 0 Å². The summed E-state index contributed by atoms with van der Waals surface area (Å²) >= 11 is 0. The van der Waals surface area contributed by atoms with Gasteiger partial charge >= 0.3 is 0 Å². The average Bonchev–Trinajstić information content (AvgIpc) is 2.45. The van der Waals surface area contributed by atoms with Crippen molar-refractivity contribution >= 4 is 11.6 Å². The van der Waals surface area contributed by atoms with E-state index in [0.717, 1.165) is 18.4 Å². The van der Waals surface area contributed by atoms with Crippen LogP contribution in [0.4, 0.5) is 5.69 Å². The molecule has 0 spiro atoms. The number of ether oxygens (including phenoxy) is 1. The number of rotatable bonds is 5. The first-order chi connectivity index (χ1) is 10.1. The summed E-state index contributed by atoms with van der Waals surface area (Å²) in [4.78, 5) is 12.0. The maximum Gasteiger partial charge on any atom is 0.250 e. The van der Waals surface area contributed by atoms with Crippen molar-refractivity contribution < 1.29 is 14.6 Å². The second kappa shape index (κ2) is 7.57. The Bertz CT molecular complexity index is 473. The van der Waals surface area contributed by atoms with E-state index in [0.29, 0.717) is 11.6 Å². The van der Waals surface area contributed by atoms with Crippen molar-refractivity contribution in [3.63, 3.8) is 0 Å². The molecule has 2 rings (SSSR count). The minimum Gasteiger partial charge on any atom is -0.389 e. The monoisotopic (exact) mass is 291 g/mol. The first-order valence-electron chi connectivity index (χ1n) is 7.74. The molecule has 0 aromatic heterocycles. The molecule has 0 bridgehead atoms. The lowest BCUT2D eigenvalue weighted by Crippen LogP contribution is -2.27. The minimum atomic E-state index is -0.610. The molecule has 21 heavy (non-hydrogen) atoms. The highest BCUT2D eigenvalue weighted by Crippen LogP contribution is 2.26. The lowest BCUT2D eigenvalue weighted by atomic mass is 9.89. The predicted octanol–water partition coefficient (Wildman–Crippen LogP) is 3.27. The van der Waals surface area contributed by atoms with Crippen LogP contribution in [-0.4, -0.2) is 23.7 Å². The Balaban J connectivity index is 1.84. The zero-order valence-electron chi connectivity index (χ0n) is 12.8. The molecule has 1 saturated carbocycles. The van der Waals surface area contributed by atoms with E-state index >= 15 is 0 Å². The predicted molar refractivity (Wildman–Crippen MR) is 83.1 cm³/mol. The van der Waals surface area contributed by atoms with E-state index in [2.05, 4.69) is 12.2 Å². The highest BCUT2D eigenvalue weighted by molar-refractivity contribution is 5.92. The van der Waals surface area contributed by atoms with Gasteiger partial charge in [-0.15, -0.1) is 0 Å². The van der Waals surface area contributed by atoms with Gasteiger partial charge in [0.15, 0.2) is 0 Å². The van der Waals surface area contributed by atoms with Crippen LogP contribution in [0.15, 0.2) is 24.3 Å². The van der Waals surface area contributed by atoms with Crippen LogP contribution < -0.4 is 5.32 Å². The van der Waals surface area contributed by atoms with Gasteiger partial charge in [0.2, 0.25) is 5.91 Å². The molecule has 3 atom stereocenters. The molecule has 1 aliphatic rings. The molecular formula is C17H25NO3. The van der Waals surface area contributed by atoms with E-state index in [-0.39, 0.29) is 18.6 Å². The third-order valence-corrected chi connectivity index (χ3v) is 4.02. The van der Waals surface area contributed by atoms with Gasteiger partial charge in [0.1, 0.15) is 6.61 Å². The molecular weight excluding hydrogens is 266 g/mol. The summed E-state index contributed by atoms with van der Waals surface area (Å²) in [5.74, 6) is 0.518. The van der Waals surface area contributed by atoms with E-state index in [1.165, 1.54) is 12.8 Å². The van der Waals surface area contributed by atoms with Crippen LogP contribution in [0.3, 0.4) is 0 Å². The number of aliphatic hydroxyl groups is 1. The maximum atomic E-state index is 12.0. The number of carbonyl (C=O) groups is 1. The second-order valence-corrected chi connectivity index (χ2v) is 6.02. The number of amides is 1. The quantitative estimate of drug-likeness (QED) is 0.875. The number of benzene rings is 1. The standard InChI is InChI=1S/C17H25NO3/c1-12-6-5-7-14(10-12)21-11-17(20)18-16-9-4-3-8-15(16)13(2)19/h3-4,8-9,12-14,19H,5-7,10-11H2,1-2H3,(H,18,20)/t12-,13+,14+/m1/s1. The Labute approximate surface area is 126 Å². The number of nitrogens with one attached hydrogen (secondary N) is 1. The van der Waals surface area contributed by atoms with Crippen LogP contribution in [-0.2, 0) is 9.53 Å².